The van der Waals surface area contributed by atoms with Gasteiger partial charge in [-0.3, -0.25) is 9.59 Å². The third-order valence-electron chi connectivity index (χ3n) is 3.82. The van der Waals surface area contributed by atoms with Gasteiger partial charge in [-0.05, 0) is 30.2 Å². The van der Waals surface area contributed by atoms with Crippen molar-refractivity contribution >= 4 is 17.5 Å². The van der Waals surface area contributed by atoms with Gasteiger partial charge in [0, 0.05) is 5.69 Å². The van der Waals surface area contributed by atoms with Gasteiger partial charge in [0.25, 0.3) is 5.91 Å². The Bertz CT molecular complexity index is 920. The second-order valence-corrected chi connectivity index (χ2v) is 5.98. The Hall–Kier alpha value is -3.48. The molecule has 0 saturated carbocycles. The molecular weight excluding hydrogens is 330 g/mol. The van der Waals surface area contributed by atoms with E-state index in [1.165, 1.54) is 10.9 Å². The molecule has 0 atom stereocenters. The number of nitrogens with zero attached hydrogens (tertiary/aromatic N) is 4. The van der Waals surface area contributed by atoms with Crippen LogP contribution in [0.25, 0.3) is 0 Å². The molecule has 0 fully saturated rings. The highest BCUT2D eigenvalue weighted by atomic mass is 16.2. The van der Waals surface area contributed by atoms with Crippen LogP contribution in [0.15, 0.2) is 60.8 Å². The van der Waals surface area contributed by atoms with Crippen LogP contribution in [0, 0.1) is 6.92 Å². The molecule has 3 aromatic rings. The first kappa shape index (κ1) is 17.3. The molecular formula is C19H19N5O2. The Kier molecular flexibility index (Phi) is 5.07. The maximum absolute atomic E-state index is 13.1. The van der Waals surface area contributed by atoms with Crippen LogP contribution in [-0.2, 0) is 17.9 Å². The average Bonchev–Trinajstić information content (AvgIpc) is 3.08. The van der Waals surface area contributed by atoms with Crippen molar-refractivity contribution in [1.82, 2.24) is 15.0 Å². The van der Waals surface area contributed by atoms with E-state index in [9.17, 15) is 9.59 Å². The van der Waals surface area contributed by atoms with Gasteiger partial charge in [0.15, 0.2) is 5.69 Å². The Balaban J connectivity index is 1.92. The van der Waals surface area contributed by atoms with E-state index in [0.29, 0.717) is 6.54 Å². The summed E-state index contributed by atoms with van der Waals surface area (Å²) in [5, 5.41) is 7.69. The summed E-state index contributed by atoms with van der Waals surface area (Å²) in [4.78, 5) is 25.7. The van der Waals surface area contributed by atoms with Crippen LogP contribution >= 0.6 is 0 Å². The normalized spacial score (nSPS) is 10.5. The first-order valence-electron chi connectivity index (χ1n) is 8.14. The van der Waals surface area contributed by atoms with Crippen molar-refractivity contribution in [1.29, 1.82) is 0 Å². The van der Waals surface area contributed by atoms with E-state index in [0.717, 1.165) is 16.8 Å². The number of carbonyl (C=O) groups is 2. The van der Waals surface area contributed by atoms with E-state index < -0.39 is 5.91 Å². The van der Waals surface area contributed by atoms with Crippen LogP contribution in [-0.4, -0.2) is 26.8 Å². The predicted molar refractivity (Wildman–Crippen MR) is 97.4 cm³/mol. The fraction of sp³-hybridized carbons (Fsp3) is 0.158. The number of primary amides is 1. The number of anilines is 1. The quantitative estimate of drug-likeness (QED) is 0.735. The lowest BCUT2D eigenvalue weighted by Gasteiger charge is -2.22. The smallest absolute Gasteiger partial charge is 0.280 e. The van der Waals surface area contributed by atoms with Crippen LogP contribution < -0.4 is 10.6 Å². The summed E-state index contributed by atoms with van der Waals surface area (Å²) in [5.74, 6) is -0.844. The van der Waals surface area contributed by atoms with E-state index >= 15 is 0 Å². The fourth-order valence-electron chi connectivity index (χ4n) is 2.61. The molecule has 0 aliphatic rings. The number of hydrogen-bond acceptors (Lipinski definition) is 4. The number of aromatic nitrogens is 3. The summed E-state index contributed by atoms with van der Waals surface area (Å²) in [6.45, 7) is 2.24. The highest BCUT2D eigenvalue weighted by Crippen LogP contribution is 2.21. The molecule has 0 spiro atoms. The van der Waals surface area contributed by atoms with E-state index in [2.05, 4.69) is 10.3 Å². The molecule has 1 heterocycles. The molecule has 0 saturated heterocycles. The second kappa shape index (κ2) is 7.60. The summed E-state index contributed by atoms with van der Waals surface area (Å²) in [5.41, 5.74) is 8.12. The molecule has 3 rings (SSSR count). The minimum atomic E-state index is -0.547. The monoisotopic (exact) mass is 349 g/mol. The maximum Gasteiger partial charge on any atom is 0.280 e. The minimum absolute atomic E-state index is 0.122. The zero-order valence-corrected chi connectivity index (χ0v) is 14.4. The Morgan fingerprint density at radius 1 is 1.12 bits per heavy atom. The summed E-state index contributed by atoms with van der Waals surface area (Å²) in [6, 6.07) is 17.4. The molecule has 26 heavy (non-hydrogen) atoms. The van der Waals surface area contributed by atoms with Gasteiger partial charge in [0.05, 0.1) is 12.7 Å². The molecule has 0 aliphatic carbocycles. The number of carbonyl (C=O) groups excluding carboxylic acids is 2. The van der Waals surface area contributed by atoms with Crippen LogP contribution in [0.5, 0.6) is 0 Å². The molecule has 2 aromatic carbocycles. The number of aryl methyl sites for hydroxylation is 1. The average molecular weight is 349 g/mol. The predicted octanol–water partition coefficient (Wildman–Crippen LogP) is 1.92. The molecule has 7 nitrogen and oxygen atoms in total. The summed E-state index contributed by atoms with van der Waals surface area (Å²) < 4.78 is 1.26. The molecule has 0 bridgehead atoms. The van der Waals surface area contributed by atoms with E-state index in [4.69, 9.17) is 5.73 Å². The van der Waals surface area contributed by atoms with Crippen LogP contribution in [0.3, 0.4) is 0 Å². The van der Waals surface area contributed by atoms with Crippen molar-refractivity contribution in [3.8, 4) is 0 Å². The van der Waals surface area contributed by atoms with Crippen molar-refractivity contribution in [2.24, 2.45) is 5.73 Å². The van der Waals surface area contributed by atoms with Gasteiger partial charge in [-0.15, -0.1) is 5.10 Å². The minimum Gasteiger partial charge on any atom is -0.368 e. The Morgan fingerprint density at radius 2 is 1.88 bits per heavy atom. The zero-order valence-electron chi connectivity index (χ0n) is 14.4. The van der Waals surface area contributed by atoms with E-state index in [1.807, 2.05) is 61.5 Å². The molecule has 0 aliphatic heterocycles. The lowest BCUT2D eigenvalue weighted by Crippen LogP contribution is -2.30. The van der Waals surface area contributed by atoms with Gasteiger partial charge < -0.3 is 10.6 Å². The zero-order chi connectivity index (χ0) is 18.5. The molecule has 132 valence electrons. The molecule has 0 unspecified atom stereocenters. The van der Waals surface area contributed by atoms with Crippen molar-refractivity contribution in [2.75, 3.05) is 4.90 Å². The van der Waals surface area contributed by atoms with Gasteiger partial charge in [-0.1, -0.05) is 47.7 Å². The third kappa shape index (κ3) is 4.13. The molecule has 2 N–H and O–H groups in total. The summed E-state index contributed by atoms with van der Waals surface area (Å²) in [6.07, 6.45) is 1.43. The van der Waals surface area contributed by atoms with E-state index in [-0.39, 0.29) is 18.1 Å². The number of rotatable bonds is 6. The first-order chi connectivity index (χ1) is 12.5. The third-order valence-corrected chi connectivity index (χ3v) is 3.82. The van der Waals surface area contributed by atoms with Gasteiger partial charge >= 0.3 is 0 Å². The fourth-order valence-corrected chi connectivity index (χ4v) is 2.61. The van der Waals surface area contributed by atoms with Gasteiger partial charge in [0.2, 0.25) is 5.91 Å². The lowest BCUT2D eigenvalue weighted by molar-refractivity contribution is -0.118. The van der Waals surface area contributed by atoms with Crippen molar-refractivity contribution < 1.29 is 9.59 Å². The number of nitrogens with two attached hydrogens (primary N) is 1. The second-order valence-electron chi connectivity index (χ2n) is 5.98. The molecule has 1 aromatic heterocycles. The largest absolute Gasteiger partial charge is 0.368 e. The molecule has 7 heteroatoms. The lowest BCUT2D eigenvalue weighted by atomic mass is 10.1. The molecule has 0 radical (unpaired) electrons. The summed E-state index contributed by atoms with van der Waals surface area (Å²) >= 11 is 0. The number of amides is 2. The highest BCUT2D eigenvalue weighted by molar-refractivity contribution is 6.04. The van der Waals surface area contributed by atoms with Gasteiger partial charge in [-0.2, -0.15) is 0 Å². The maximum atomic E-state index is 13.1. The van der Waals surface area contributed by atoms with Crippen molar-refractivity contribution in [2.45, 2.75) is 20.0 Å². The topological polar surface area (TPSA) is 94.1 Å². The molecule has 2 amide bonds. The van der Waals surface area contributed by atoms with Crippen molar-refractivity contribution in [3.05, 3.63) is 77.6 Å². The van der Waals surface area contributed by atoms with Crippen LogP contribution in [0.4, 0.5) is 5.69 Å². The first-order valence-corrected chi connectivity index (χ1v) is 8.14. The highest BCUT2D eigenvalue weighted by Gasteiger charge is 2.21. The standard InChI is InChI=1S/C19H19N5O2/c1-14-6-5-9-16(10-14)24(11-15-7-3-2-4-8-15)19(26)17-12-23(22-21-17)13-18(20)25/h2-10,12H,11,13H2,1H3,(H2,20,25). The van der Waals surface area contributed by atoms with Crippen LogP contribution in [0.1, 0.15) is 21.6 Å². The number of hydrogen-bond donors (Lipinski definition) is 1. The van der Waals surface area contributed by atoms with E-state index in [1.54, 1.807) is 4.90 Å². The van der Waals surface area contributed by atoms with Crippen LogP contribution in [0.2, 0.25) is 0 Å². The Labute approximate surface area is 151 Å². The van der Waals surface area contributed by atoms with Crippen molar-refractivity contribution in [3.63, 3.8) is 0 Å². The Morgan fingerprint density at radius 3 is 2.58 bits per heavy atom. The summed E-state index contributed by atoms with van der Waals surface area (Å²) in [7, 11) is 0. The van der Waals surface area contributed by atoms with Gasteiger partial charge in [0.1, 0.15) is 6.54 Å². The number of benzene rings is 2. The van der Waals surface area contributed by atoms with Gasteiger partial charge in [-0.25, -0.2) is 4.68 Å². The SMILES string of the molecule is Cc1cccc(N(Cc2ccccc2)C(=O)c2cn(CC(N)=O)nn2)c1.